The third-order valence-corrected chi connectivity index (χ3v) is 5.93. The van der Waals surface area contributed by atoms with Gasteiger partial charge in [0.1, 0.15) is 0 Å². The van der Waals surface area contributed by atoms with Crippen LogP contribution in [-0.4, -0.2) is 4.98 Å². The second-order valence-corrected chi connectivity index (χ2v) is 7.54. The molecule has 0 fully saturated rings. The van der Waals surface area contributed by atoms with Gasteiger partial charge in [-0.05, 0) is 67.3 Å². The Morgan fingerprint density at radius 2 is 2.00 bits per heavy atom. The van der Waals surface area contributed by atoms with Crippen molar-refractivity contribution in [2.75, 3.05) is 0 Å². The summed E-state index contributed by atoms with van der Waals surface area (Å²) in [6, 6.07) is 19.0. The lowest BCUT2D eigenvalue weighted by atomic mass is 9.65. The van der Waals surface area contributed by atoms with Crippen molar-refractivity contribution >= 4 is 10.9 Å². The molecule has 1 heterocycles. The quantitative estimate of drug-likeness (QED) is 0.731. The second kappa shape index (κ2) is 6.14. The number of nitrogens with one attached hydrogen (secondary N) is 1. The van der Waals surface area contributed by atoms with Crippen LogP contribution in [0.15, 0.2) is 53.3 Å². The summed E-state index contributed by atoms with van der Waals surface area (Å²) in [5.74, 6) is 0.159. The minimum absolute atomic E-state index is 0.0728. The molecule has 3 heteroatoms. The van der Waals surface area contributed by atoms with Crippen LogP contribution in [0.4, 0.5) is 0 Å². The van der Waals surface area contributed by atoms with E-state index in [-0.39, 0.29) is 11.5 Å². The van der Waals surface area contributed by atoms with Crippen molar-refractivity contribution in [3.8, 4) is 6.07 Å². The van der Waals surface area contributed by atoms with Gasteiger partial charge in [-0.2, -0.15) is 5.26 Å². The van der Waals surface area contributed by atoms with Crippen molar-refractivity contribution in [3.05, 3.63) is 81.1 Å². The van der Waals surface area contributed by atoms with E-state index in [0.717, 1.165) is 35.7 Å². The molecule has 1 N–H and O–H groups in total. The molecule has 1 aliphatic rings. The van der Waals surface area contributed by atoms with Crippen LogP contribution in [0.2, 0.25) is 0 Å². The van der Waals surface area contributed by atoms with E-state index >= 15 is 0 Å². The van der Waals surface area contributed by atoms with Gasteiger partial charge in [-0.15, -0.1) is 0 Å². The number of aromatic nitrogens is 1. The molecule has 2 aromatic carbocycles. The zero-order chi connectivity index (χ0) is 18.3. The topological polar surface area (TPSA) is 56.6 Å². The van der Waals surface area contributed by atoms with Crippen LogP contribution in [0.3, 0.4) is 0 Å². The van der Waals surface area contributed by atoms with E-state index in [1.165, 1.54) is 11.1 Å². The summed E-state index contributed by atoms with van der Waals surface area (Å²) < 4.78 is 0. The fraction of sp³-hybridized carbons (Fsp3) is 0.304. The van der Waals surface area contributed by atoms with E-state index in [2.05, 4.69) is 35.3 Å². The van der Waals surface area contributed by atoms with Gasteiger partial charge >= 0.3 is 0 Å². The lowest BCUT2D eigenvalue weighted by molar-refractivity contribution is 0.414. The van der Waals surface area contributed by atoms with Gasteiger partial charge < -0.3 is 4.98 Å². The van der Waals surface area contributed by atoms with E-state index in [1.54, 1.807) is 0 Å². The Kier molecular flexibility index (Phi) is 3.92. The first-order valence-corrected chi connectivity index (χ1v) is 9.16. The number of nitriles is 1. The molecule has 3 aromatic rings. The Morgan fingerprint density at radius 3 is 2.81 bits per heavy atom. The standard InChI is InChI=1S/C23H22N2O/c1-15-12-17-10-11-18(13-21(17)25-22(15)26)23(2,14-24)20-9-5-7-16-6-3-4-8-19(16)20/h3-4,6,8,10-13,20H,5,7,9H2,1-2H3,(H,25,26)/t20-,23-/m0/s1. The van der Waals surface area contributed by atoms with Crippen LogP contribution in [0, 0.1) is 18.3 Å². The predicted octanol–water partition coefficient (Wildman–Crippen LogP) is 4.74. The lowest BCUT2D eigenvalue weighted by Gasteiger charge is -2.36. The molecule has 0 unspecified atom stereocenters. The Labute approximate surface area is 153 Å². The maximum Gasteiger partial charge on any atom is 0.251 e. The number of H-pyrrole nitrogens is 1. The third kappa shape index (κ3) is 2.54. The molecule has 0 radical (unpaired) electrons. The van der Waals surface area contributed by atoms with Crippen LogP contribution < -0.4 is 5.56 Å². The first kappa shape index (κ1) is 16.6. The lowest BCUT2D eigenvalue weighted by Crippen LogP contribution is -2.31. The van der Waals surface area contributed by atoms with Gasteiger partial charge in [-0.1, -0.05) is 36.4 Å². The Bertz CT molecular complexity index is 1090. The molecule has 4 rings (SSSR count). The molecular weight excluding hydrogens is 320 g/mol. The molecule has 0 amide bonds. The molecule has 130 valence electrons. The van der Waals surface area contributed by atoms with Crippen molar-refractivity contribution in [2.24, 2.45) is 0 Å². The molecule has 0 spiro atoms. The fourth-order valence-corrected chi connectivity index (χ4v) is 4.33. The minimum atomic E-state index is -0.632. The first-order valence-electron chi connectivity index (χ1n) is 9.16. The maximum absolute atomic E-state index is 12.0. The summed E-state index contributed by atoms with van der Waals surface area (Å²) in [7, 11) is 0. The third-order valence-electron chi connectivity index (χ3n) is 5.93. The number of nitrogens with zero attached hydrogens (tertiary/aromatic N) is 1. The molecule has 3 nitrogen and oxygen atoms in total. The Balaban J connectivity index is 1.87. The first-order chi connectivity index (χ1) is 12.5. The Morgan fingerprint density at radius 1 is 1.19 bits per heavy atom. The number of pyridine rings is 1. The maximum atomic E-state index is 12.0. The zero-order valence-corrected chi connectivity index (χ0v) is 15.2. The SMILES string of the molecule is Cc1cc2ccc([C@](C)(C#N)[C@H]3CCCc4ccccc43)cc2[nH]c1=O. The molecular formula is C23H22N2O. The molecule has 26 heavy (non-hydrogen) atoms. The smallest absolute Gasteiger partial charge is 0.251 e. The minimum Gasteiger partial charge on any atom is -0.322 e. The summed E-state index contributed by atoms with van der Waals surface area (Å²) in [4.78, 5) is 15.0. The van der Waals surface area contributed by atoms with Gasteiger partial charge in [-0.25, -0.2) is 0 Å². The number of hydrogen-bond acceptors (Lipinski definition) is 2. The van der Waals surface area contributed by atoms with Gasteiger partial charge in [0.15, 0.2) is 0 Å². The molecule has 1 aliphatic carbocycles. The Hall–Kier alpha value is -2.86. The highest BCUT2D eigenvalue weighted by atomic mass is 16.1. The van der Waals surface area contributed by atoms with Crippen molar-refractivity contribution < 1.29 is 0 Å². The predicted molar refractivity (Wildman–Crippen MR) is 104 cm³/mol. The number of hydrogen-bond donors (Lipinski definition) is 1. The van der Waals surface area contributed by atoms with E-state index in [0.29, 0.717) is 5.56 Å². The highest BCUT2D eigenvalue weighted by molar-refractivity contribution is 5.80. The molecule has 2 atom stereocenters. The number of fused-ring (bicyclic) bond motifs is 2. The largest absolute Gasteiger partial charge is 0.322 e. The highest BCUT2D eigenvalue weighted by Crippen LogP contribution is 2.45. The van der Waals surface area contributed by atoms with Crippen molar-refractivity contribution in [1.82, 2.24) is 4.98 Å². The van der Waals surface area contributed by atoms with Crippen LogP contribution in [0.5, 0.6) is 0 Å². The molecule has 1 aromatic heterocycles. The highest BCUT2D eigenvalue weighted by Gasteiger charge is 2.39. The molecule has 0 saturated carbocycles. The number of aryl methyl sites for hydroxylation is 2. The monoisotopic (exact) mass is 342 g/mol. The number of rotatable bonds is 2. The van der Waals surface area contributed by atoms with Gasteiger partial charge in [0.25, 0.3) is 5.56 Å². The van der Waals surface area contributed by atoms with Gasteiger partial charge in [0.2, 0.25) is 0 Å². The average Bonchev–Trinajstić information content (AvgIpc) is 2.67. The van der Waals surface area contributed by atoms with E-state index in [9.17, 15) is 10.1 Å². The van der Waals surface area contributed by atoms with Crippen LogP contribution >= 0.6 is 0 Å². The summed E-state index contributed by atoms with van der Waals surface area (Å²) in [5.41, 5.74) is 4.41. The fourth-order valence-electron chi connectivity index (χ4n) is 4.33. The molecule has 0 bridgehead atoms. The summed E-state index contributed by atoms with van der Waals surface area (Å²) in [5, 5.41) is 11.2. The van der Waals surface area contributed by atoms with Gasteiger partial charge in [0.05, 0.1) is 11.5 Å². The van der Waals surface area contributed by atoms with Gasteiger partial charge in [-0.3, -0.25) is 4.79 Å². The molecule has 0 aliphatic heterocycles. The summed E-state index contributed by atoms with van der Waals surface area (Å²) in [6.07, 6.45) is 3.19. The van der Waals surface area contributed by atoms with E-state index < -0.39 is 5.41 Å². The average molecular weight is 342 g/mol. The van der Waals surface area contributed by atoms with Crippen molar-refractivity contribution in [1.29, 1.82) is 5.26 Å². The van der Waals surface area contributed by atoms with Crippen LogP contribution in [0.25, 0.3) is 10.9 Å². The van der Waals surface area contributed by atoms with Gasteiger partial charge in [0, 0.05) is 17.0 Å². The van der Waals surface area contributed by atoms with Crippen molar-refractivity contribution in [2.45, 2.75) is 44.4 Å². The van der Waals surface area contributed by atoms with E-state index in [1.807, 2.05) is 38.1 Å². The zero-order valence-electron chi connectivity index (χ0n) is 15.2. The van der Waals surface area contributed by atoms with Crippen LogP contribution in [0.1, 0.15) is 47.9 Å². The summed E-state index contributed by atoms with van der Waals surface area (Å²) in [6.45, 7) is 3.85. The summed E-state index contributed by atoms with van der Waals surface area (Å²) >= 11 is 0. The van der Waals surface area contributed by atoms with Crippen LogP contribution in [-0.2, 0) is 11.8 Å². The van der Waals surface area contributed by atoms with Crippen molar-refractivity contribution in [3.63, 3.8) is 0 Å². The molecule has 0 saturated heterocycles. The van der Waals surface area contributed by atoms with E-state index in [4.69, 9.17) is 0 Å². The number of benzene rings is 2. The second-order valence-electron chi connectivity index (χ2n) is 7.54. The number of aromatic amines is 1. The normalized spacial score (nSPS) is 18.7.